The SMILES string of the molecule is CSCCCCNC1CCCCC1CO. The Bertz CT molecular complexity index is 155. The molecule has 0 radical (unpaired) electrons. The molecule has 0 spiro atoms. The molecule has 3 heteroatoms. The van der Waals surface area contributed by atoms with E-state index in [1.807, 2.05) is 11.8 Å². The van der Waals surface area contributed by atoms with Gasteiger partial charge >= 0.3 is 0 Å². The van der Waals surface area contributed by atoms with Crippen molar-refractivity contribution in [1.29, 1.82) is 0 Å². The number of hydrogen-bond donors (Lipinski definition) is 2. The molecule has 90 valence electrons. The lowest BCUT2D eigenvalue weighted by molar-refractivity contribution is 0.153. The third-order valence-corrected chi connectivity index (χ3v) is 4.02. The summed E-state index contributed by atoms with van der Waals surface area (Å²) in [7, 11) is 0. The zero-order chi connectivity index (χ0) is 10.9. The summed E-state index contributed by atoms with van der Waals surface area (Å²) in [5.41, 5.74) is 0. The van der Waals surface area contributed by atoms with Gasteiger partial charge in [-0.1, -0.05) is 12.8 Å². The van der Waals surface area contributed by atoms with Gasteiger partial charge in [-0.2, -0.15) is 11.8 Å². The molecular formula is C12H25NOS. The Labute approximate surface area is 98.2 Å². The fourth-order valence-corrected chi connectivity index (χ4v) is 2.85. The number of unbranched alkanes of at least 4 members (excludes halogenated alkanes) is 1. The molecule has 1 aliphatic rings. The van der Waals surface area contributed by atoms with Crippen molar-refractivity contribution in [1.82, 2.24) is 5.32 Å². The Hall–Kier alpha value is 0.270. The maximum Gasteiger partial charge on any atom is 0.0474 e. The molecule has 2 N–H and O–H groups in total. The van der Waals surface area contributed by atoms with Gasteiger partial charge in [0.25, 0.3) is 0 Å². The minimum atomic E-state index is 0.364. The van der Waals surface area contributed by atoms with Crippen molar-refractivity contribution in [2.75, 3.05) is 25.2 Å². The Morgan fingerprint density at radius 3 is 2.80 bits per heavy atom. The minimum Gasteiger partial charge on any atom is -0.396 e. The van der Waals surface area contributed by atoms with Gasteiger partial charge in [0.2, 0.25) is 0 Å². The van der Waals surface area contributed by atoms with Crippen LogP contribution in [0.2, 0.25) is 0 Å². The van der Waals surface area contributed by atoms with Crippen molar-refractivity contribution in [2.24, 2.45) is 5.92 Å². The number of rotatable bonds is 7. The van der Waals surface area contributed by atoms with Gasteiger partial charge in [0, 0.05) is 12.6 Å². The van der Waals surface area contributed by atoms with E-state index < -0.39 is 0 Å². The number of hydrogen-bond acceptors (Lipinski definition) is 3. The van der Waals surface area contributed by atoms with E-state index in [9.17, 15) is 5.11 Å². The molecule has 1 saturated carbocycles. The summed E-state index contributed by atoms with van der Waals surface area (Å²) in [4.78, 5) is 0. The molecule has 0 aromatic heterocycles. The molecule has 0 amide bonds. The van der Waals surface area contributed by atoms with E-state index >= 15 is 0 Å². The minimum absolute atomic E-state index is 0.364. The van der Waals surface area contributed by atoms with Gasteiger partial charge in [0.05, 0.1) is 0 Å². The van der Waals surface area contributed by atoms with Crippen LogP contribution < -0.4 is 5.32 Å². The smallest absolute Gasteiger partial charge is 0.0474 e. The molecule has 1 fully saturated rings. The number of nitrogens with one attached hydrogen (secondary N) is 1. The molecular weight excluding hydrogens is 206 g/mol. The molecule has 0 bridgehead atoms. The molecule has 1 aliphatic carbocycles. The Morgan fingerprint density at radius 2 is 2.07 bits per heavy atom. The summed E-state index contributed by atoms with van der Waals surface area (Å²) < 4.78 is 0. The molecule has 2 nitrogen and oxygen atoms in total. The van der Waals surface area contributed by atoms with Gasteiger partial charge < -0.3 is 10.4 Å². The molecule has 2 atom stereocenters. The first-order chi connectivity index (χ1) is 7.38. The highest BCUT2D eigenvalue weighted by Crippen LogP contribution is 2.23. The summed E-state index contributed by atoms with van der Waals surface area (Å²) in [6.07, 6.45) is 9.85. The lowest BCUT2D eigenvalue weighted by Crippen LogP contribution is -2.40. The lowest BCUT2D eigenvalue weighted by atomic mass is 9.85. The van der Waals surface area contributed by atoms with E-state index in [0.717, 1.165) is 6.54 Å². The summed E-state index contributed by atoms with van der Waals surface area (Å²) in [6, 6.07) is 0.582. The zero-order valence-corrected chi connectivity index (χ0v) is 10.7. The number of thioether (sulfide) groups is 1. The molecule has 0 saturated heterocycles. The topological polar surface area (TPSA) is 32.3 Å². The quantitative estimate of drug-likeness (QED) is 0.659. The highest BCUT2D eigenvalue weighted by atomic mass is 32.2. The summed E-state index contributed by atoms with van der Waals surface area (Å²) >= 11 is 1.92. The van der Waals surface area contributed by atoms with E-state index in [1.54, 1.807) is 0 Å². The van der Waals surface area contributed by atoms with Crippen LogP contribution in [0.5, 0.6) is 0 Å². The van der Waals surface area contributed by atoms with E-state index in [1.165, 1.54) is 44.3 Å². The second kappa shape index (κ2) is 8.43. The van der Waals surface area contributed by atoms with Gasteiger partial charge in [-0.3, -0.25) is 0 Å². The summed E-state index contributed by atoms with van der Waals surface area (Å²) in [5, 5.41) is 12.9. The second-order valence-electron chi connectivity index (χ2n) is 4.49. The van der Waals surface area contributed by atoms with Crippen molar-refractivity contribution in [2.45, 2.75) is 44.6 Å². The molecule has 0 heterocycles. The maximum absolute atomic E-state index is 9.26. The van der Waals surface area contributed by atoms with E-state index in [0.29, 0.717) is 18.6 Å². The predicted octanol–water partition coefficient (Wildman–Crippen LogP) is 2.27. The highest BCUT2D eigenvalue weighted by Gasteiger charge is 2.23. The first kappa shape index (κ1) is 13.3. The van der Waals surface area contributed by atoms with Gasteiger partial charge in [-0.05, 0) is 50.2 Å². The average Bonchev–Trinajstić information content (AvgIpc) is 2.29. The van der Waals surface area contributed by atoms with Crippen LogP contribution in [-0.2, 0) is 0 Å². The first-order valence-electron chi connectivity index (χ1n) is 6.21. The molecule has 15 heavy (non-hydrogen) atoms. The molecule has 0 aliphatic heterocycles. The van der Waals surface area contributed by atoms with Crippen LogP contribution in [0.4, 0.5) is 0 Å². The van der Waals surface area contributed by atoms with E-state index in [2.05, 4.69) is 11.6 Å². The standard InChI is InChI=1S/C12H25NOS/c1-15-9-5-4-8-13-12-7-3-2-6-11(12)10-14/h11-14H,2-10H2,1H3. The van der Waals surface area contributed by atoms with Gasteiger partial charge in [-0.25, -0.2) is 0 Å². The third-order valence-electron chi connectivity index (χ3n) is 3.33. The first-order valence-corrected chi connectivity index (χ1v) is 7.61. The molecule has 0 aromatic carbocycles. The summed E-state index contributed by atoms with van der Waals surface area (Å²) in [5.74, 6) is 1.79. The fraction of sp³-hybridized carbons (Fsp3) is 1.00. The second-order valence-corrected chi connectivity index (χ2v) is 5.47. The maximum atomic E-state index is 9.26. The molecule has 0 aromatic rings. The monoisotopic (exact) mass is 231 g/mol. The lowest BCUT2D eigenvalue weighted by Gasteiger charge is -2.31. The van der Waals surface area contributed by atoms with Crippen LogP contribution in [0.25, 0.3) is 0 Å². The number of aliphatic hydroxyl groups excluding tert-OH is 1. The van der Waals surface area contributed by atoms with Crippen LogP contribution in [0, 0.1) is 5.92 Å². The van der Waals surface area contributed by atoms with Crippen LogP contribution >= 0.6 is 11.8 Å². The van der Waals surface area contributed by atoms with Gasteiger partial charge in [0.15, 0.2) is 0 Å². The Balaban J connectivity index is 2.07. The molecule has 1 rings (SSSR count). The molecule has 2 unspecified atom stereocenters. The summed E-state index contributed by atoms with van der Waals surface area (Å²) in [6.45, 7) is 1.49. The van der Waals surface area contributed by atoms with Gasteiger partial charge in [0.1, 0.15) is 0 Å². The van der Waals surface area contributed by atoms with Crippen molar-refractivity contribution < 1.29 is 5.11 Å². The van der Waals surface area contributed by atoms with Crippen molar-refractivity contribution in [3.8, 4) is 0 Å². The van der Waals surface area contributed by atoms with E-state index in [4.69, 9.17) is 0 Å². The zero-order valence-electron chi connectivity index (χ0n) is 9.87. The Kier molecular flexibility index (Phi) is 7.49. The van der Waals surface area contributed by atoms with Crippen molar-refractivity contribution in [3.63, 3.8) is 0 Å². The average molecular weight is 231 g/mol. The van der Waals surface area contributed by atoms with Gasteiger partial charge in [-0.15, -0.1) is 0 Å². The fourth-order valence-electron chi connectivity index (χ4n) is 2.35. The normalized spacial score (nSPS) is 26.8. The van der Waals surface area contributed by atoms with Crippen molar-refractivity contribution in [3.05, 3.63) is 0 Å². The highest BCUT2D eigenvalue weighted by molar-refractivity contribution is 7.98. The number of aliphatic hydroxyl groups is 1. The van der Waals surface area contributed by atoms with Crippen LogP contribution in [0.3, 0.4) is 0 Å². The third kappa shape index (κ3) is 5.23. The largest absolute Gasteiger partial charge is 0.396 e. The van der Waals surface area contributed by atoms with Crippen LogP contribution in [0.15, 0.2) is 0 Å². The van der Waals surface area contributed by atoms with E-state index in [-0.39, 0.29) is 0 Å². The predicted molar refractivity (Wildman–Crippen MR) is 68.5 cm³/mol. The van der Waals surface area contributed by atoms with Crippen molar-refractivity contribution >= 4 is 11.8 Å². The van der Waals surface area contributed by atoms with Crippen LogP contribution in [-0.4, -0.2) is 36.3 Å². The van der Waals surface area contributed by atoms with Crippen LogP contribution in [0.1, 0.15) is 38.5 Å². The Morgan fingerprint density at radius 1 is 1.27 bits per heavy atom.